The van der Waals surface area contributed by atoms with Gasteiger partial charge in [-0.25, -0.2) is 12.8 Å². The molecule has 0 saturated heterocycles. The fourth-order valence-electron chi connectivity index (χ4n) is 3.01. The van der Waals surface area contributed by atoms with Gasteiger partial charge in [0.1, 0.15) is 24.7 Å². The molecule has 0 spiro atoms. The maximum absolute atomic E-state index is 13.4. The van der Waals surface area contributed by atoms with Crippen molar-refractivity contribution in [2.45, 2.75) is 18.2 Å². The van der Waals surface area contributed by atoms with Crippen LogP contribution in [0.1, 0.15) is 12.5 Å². The van der Waals surface area contributed by atoms with Gasteiger partial charge in [0.2, 0.25) is 5.91 Å². The SMILES string of the molecule is CCc1ccc(OCCNC(=O)CN(c2ccc(F)cc2)S(=O)(=O)c2ccccc2)cc1. The van der Waals surface area contributed by atoms with Gasteiger partial charge in [-0.2, -0.15) is 0 Å². The Balaban J connectivity index is 1.65. The zero-order valence-electron chi connectivity index (χ0n) is 17.7. The van der Waals surface area contributed by atoms with Crippen LogP contribution < -0.4 is 14.4 Å². The van der Waals surface area contributed by atoms with Gasteiger partial charge in [-0.3, -0.25) is 9.10 Å². The van der Waals surface area contributed by atoms with Crippen LogP contribution in [-0.4, -0.2) is 34.0 Å². The first kappa shape index (κ1) is 23.3. The van der Waals surface area contributed by atoms with Crippen LogP contribution in [0.2, 0.25) is 0 Å². The standard InChI is InChI=1S/C24H25FN2O4S/c1-2-19-8-14-22(15-9-19)31-17-16-26-24(28)18-27(21-12-10-20(25)11-13-21)32(29,30)23-6-4-3-5-7-23/h3-15H,2,16-18H2,1H3,(H,26,28). The molecule has 0 aliphatic carbocycles. The first-order valence-electron chi connectivity index (χ1n) is 10.2. The normalized spacial score (nSPS) is 11.1. The third-order valence-electron chi connectivity index (χ3n) is 4.76. The van der Waals surface area contributed by atoms with E-state index in [0.717, 1.165) is 22.9 Å². The van der Waals surface area contributed by atoms with Gasteiger partial charge >= 0.3 is 0 Å². The van der Waals surface area contributed by atoms with E-state index in [1.807, 2.05) is 24.3 Å². The smallest absolute Gasteiger partial charge is 0.264 e. The summed E-state index contributed by atoms with van der Waals surface area (Å²) < 4.78 is 46.2. The number of nitrogens with zero attached hydrogens (tertiary/aromatic N) is 1. The lowest BCUT2D eigenvalue weighted by atomic mass is 10.2. The number of carbonyl (C=O) groups excluding carboxylic acids is 1. The average Bonchev–Trinajstić information content (AvgIpc) is 2.82. The highest BCUT2D eigenvalue weighted by atomic mass is 32.2. The van der Waals surface area contributed by atoms with E-state index < -0.39 is 28.3 Å². The first-order chi connectivity index (χ1) is 15.4. The van der Waals surface area contributed by atoms with E-state index in [2.05, 4.69) is 12.2 Å². The van der Waals surface area contributed by atoms with E-state index in [0.29, 0.717) is 5.75 Å². The summed E-state index contributed by atoms with van der Waals surface area (Å²) in [6.07, 6.45) is 0.937. The number of halogens is 1. The van der Waals surface area contributed by atoms with Crippen LogP contribution in [0.15, 0.2) is 83.8 Å². The molecule has 0 saturated carbocycles. The number of sulfonamides is 1. The predicted octanol–water partition coefficient (Wildman–Crippen LogP) is 3.78. The van der Waals surface area contributed by atoms with Gasteiger partial charge in [0.25, 0.3) is 10.0 Å². The summed E-state index contributed by atoms with van der Waals surface area (Å²) in [4.78, 5) is 12.6. The Morgan fingerprint density at radius 3 is 2.25 bits per heavy atom. The van der Waals surface area contributed by atoms with E-state index in [1.54, 1.807) is 18.2 Å². The fraction of sp³-hybridized carbons (Fsp3) is 0.208. The lowest BCUT2D eigenvalue weighted by molar-refractivity contribution is -0.119. The molecule has 0 atom stereocenters. The number of aryl methyl sites for hydroxylation is 1. The van der Waals surface area contributed by atoms with Crippen molar-refractivity contribution in [1.29, 1.82) is 0 Å². The minimum Gasteiger partial charge on any atom is -0.492 e. The second kappa shape index (κ2) is 10.8. The fourth-order valence-corrected chi connectivity index (χ4v) is 4.45. The molecule has 1 N–H and O–H groups in total. The van der Waals surface area contributed by atoms with Gasteiger partial charge in [0, 0.05) is 0 Å². The third-order valence-corrected chi connectivity index (χ3v) is 6.55. The number of rotatable bonds is 10. The molecule has 0 radical (unpaired) electrons. The minimum absolute atomic E-state index is 0.0379. The lowest BCUT2D eigenvalue weighted by Crippen LogP contribution is -2.41. The number of amides is 1. The monoisotopic (exact) mass is 456 g/mol. The van der Waals surface area contributed by atoms with E-state index in [4.69, 9.17) is 4.74 Å². The Kier molecular flexibility index (Phi) is 7.83. The molecule has 0 bridgehead atoms. The van der Waals surface area contributed by atoms with Crippen LogP contribution in [-0.2, 0) is 21.2 Å². The summed E-state index contributed by atoms with van der Waals surface area (Å²) >= 11 is 0. The Morgan fingerprint density at radius 1 is 0.969 bits per heavy atom. The Hall–Kier alpha value is -3.39. The van der Waals surface area contributed by atoms with Crippen molar-refractivity contribution in [2.24, 2.45) is 0 Å². The molecule has 1 amide bonds. The van der Waals surface area contributed by atoms with Crippen LogP contribution >= 0.6 is 0 Å². The molecule has 8 heteroatoms. The van der Waals surface area contributed by atoms with E-state index in [1.165, 1.54) is 29.8 Å². The van der Waals surface area contributed by atoms with Gasteiger partial charge in [-0.05, 0) is 60.5 Å². The number of ether oxygens (including phenoxy) is 1. The highest BCUT2D eigenvalue weighted by Gasteiger charge is 2.27. The molecule has 0 aliphatic rings. The Morgan fingerprint density at radius 2 is 1.62 bits per heavy atom. The van der Waals surface area contributed by atoms with E-state index >= 15 is 0 Å². The summed E-state index contributed by atoms with van der Waals surface area (Å²) in [6.45, 7) is 2.06. The molecule has 3 rings (SSSR count). The van der Waals surface area contributed by atoms with Crippen LogP contribution in [0, 0.1) is 5.82 Å². The zero-order chi connectivity index (χ0) is 23.0. The molecule has 0 heterocycles. The molecule has 3 aromatic rings. The second-order valence-corrected chi connectivity index (χ2v) is 8.86. The zero-order valence-corrected chi connectivity index (χ0v) is 18.5. The minimum atomic E-state index is -4.02. The van der Waals surface area contributed by atoms with E-state index in [9.17, 15) is 17.6 Å². The number of hydrogen-bond acceptors (Lipinski definition) is 4. The van der Waals surface area contributed by atoms with Gasteiger partial charge in [0.15, 0.2) is 0 Å². The second-order valence-electron chi connectivity index (χ2n) is 7.00. The van der Waals surface area contributed by atoms with Crippen molar-refractivity contribution in [3.8, 4) is 5.75 Å². The van der Waals surface area contributed by atoms with E-state index in [-0.39, 0.29) is 23.7 Å². The summed E-state index contributed by atoms with van der Waals surface area (Å²) in [7, 11) is -4.02. The third kappa shape index (κ3) is 6.07. The molecule has 3 aromatic carbocycles. The molecule has 168 valence electrons. The van der Waals surface area contributed by atoms with Crippen molar-refractivity contribution >= 4 is 21.6 Å². The summed E-state index contributed by atoms with van der Waals surface area (Å²) in [5.74, 6) is -0.311. The first-order valence-corrected chi connectivity index (χ1v) is 11.7. The largest absolute Gasteiger partial charge is 0.492 e. The van der Waals surface area contributed by atoms with Crippen LogP contribution in [0.25, 0.3) is 0 Å². The quantitative estimate of drug-likeness (QED) is 0.471. The van der Waals surface area contributed by atoms with Gasteiger partial charge in [-0.15, -0.1) is 0 Å². The maximum Gasteiger partial charge on any atom is 0.264 e. The van der Waals surface area contributed by atoms with Gasteiger partial charge < -0.3 is 10.1 Å². The average molecular weight is 457 g/mol. The van der Waals surface area contributed by atoms with Crippen molar-refractivity contribution in [2.75, 3.05) is 24.0 Å². The van der Waals surface area contributed by atoms with Gasteiger partial charge in [-0.1, -0.05) is 37.3 Å². The number of nitrogens with one attached hydrogen (secondary N) is 1. The van der Waals surface area contributed by atoms with Crippen LogP contribution in [0.4, 0.5) is 10.1 Å². The molecule has 0 fully saturated rings. The molecule has 0 aromatic heterocycles. The molecule has 6 nitrogen and oxygen atoms in total. The summed E-state index contributed by atoms with van der Waals surface area (Å²) in [5.41, 5.74) is 1.39. The van der Waals surface area contributed by atoms with Crippen LogP contribution in [0.5, 0.6) is 5.75 Å². The summed E-state index contributed by atoms with van der Waals surface area (Å²) in [5, 5.41) is 2.67. The van der Waals surface area contributed by atoms with Gasteiger partial charge in [0.05, 0.1) is 17.1 Å². The number of carbonyl (C=O) groups is 1. The molecule has 0 unspecified atom stereocenters. The van der Waals surface area contributed by atoms with Crippen molar-refractivity contribution in [3.05, 3.63) is 90.2 Å². The predicted molar refractivity (Wildman–Crippen MR) is 122 cm³/mol. The highest BCUT2D eigenvalue weighted by molar-refractivity contribution is 7.92. The Bertz CT molecular complexity index is 1120. The number of hydrogen-bond donors (Lipinski definition) is 1. The maximum atomic E-state index is 13.4. The highest BCUT2D eigenvalue weighted by Crippen LogP contribution is 2.23. The van der Waals surface area contributed by atoms with Crippen LogP contribution in [0.3, 0.4) is 0 Å². The Labute approximate surface area is 187 Å². The lowest BCUT2D eigenvalue weighted by Gasteiger charge is -2.24. The van der Waals surface area contributed by atoms with Crippen molar-refractivity contribution < 1.29 is 22.3 Å². The topological polar surface area (TPSA) is 75.7 Å². The molecular formula is C24H25FN2O4S. The van der Waals surface area contributed by atoms with Crippen molar-refractivity contribution in [3.63, 3.8) is 0 Å². The molecule has 0 aliphatic heterocycles. The number of anilines is 1. The summed E-state index contributed by atoms with van der Waals surface area (Å²) in [6, 6.07) is 20.4. The van der Waals surface area contributed by atoms with Crippen molar-refractivity contribution in [1.82, 2.24) is 5.32 Å². The molecular weight excluding hydrogens is 431 g/mol. The molecule has 32 heavy (non-hydrogen) atoms. The number of benzene rings is 3.